The van der Waals surface area contributed by atoms with Crippen LogP contribution in [0.2, 0.25) is 0 Å². The number of benzene rings is 1. The highest BCUT2D eigenvalue weighted by Gasteiger charge is 2.42. The van der Waals surface area contributed by atoms with Crippen molar-refractivity contribution in [2.24, 2.45) is 11.1 Å². The van der Waals surface area contributed by atoms with Crippen molar-refractivity contribution in [2.75, 3.05) is 6.54 Å². The minimum Gasteiger partial charge on any atom is -0.391 e. The third-order valence-electron chi connectivity index (χ3n) is 6.08. The molecule has 8 nitrogen and oxygen atoms in total. The van der Waals surface area contributed by atoms with E-state index in [0.717, 1.165) is 21.7 Å². The Morgan fingerprint density at radius 1 is 1.34 bits per heavy atom. The van der Waals surface area contributed by atoms with Gasteiger partial charge in [0.25, 0.3) is 0 Å². The monoisotopic (exact) mass is 498 g/mol. The topological polar surface area (TPSA) is 104 Å². The van der Waals surface area contributed by atoms with Crippen LogP contribution in [0.5, 0.6) is 0 Å². The molecule has 1 saturated heterocycles. The molecule has 0 bridgehead atoms. The Morgan fingerprint density at radius 3 is 2.60 bits per heavy atom. The summed E-state index contributed by atoms with van der Waals surface area (Å²) in [6.07, 6.45) is -0.141. The zero-order valence-electron chi connectivity index (χ0n) is 20.9. The Balaban J connectivity index is 1.69. The summed E-state index contributed by atoms with van der Waals surface area (Å²) < 4.78 is 0. The number of oxime groups is 1. The van der Waals surface area contributed by atoms with Gasteiger partial charge in [0, 0.05) is 13.0 Å². The van der Waals surface area contributed by atoms with Gasteiger partial charge in [-0.1, -0.05) is 42.9 Å². The van der Waals surface area contributed by atoms with Crippen LogP contribution in [0.3, 0.4) is 0 Å². The smallest absolute Gasteiger partial charge is 0.243 e. The number of aliphatic hydroxyl groups excluding tert-OH is 1. The van der Waals surface area contributed by atoms with E-state index in [-0.39, 0.29) is 36.6 Å². The molecule has 4 atom stereocenters. The number of hydrogen-bond acceptors (Lipinski definition) is 7. The second-order valence-electron chi connectivity index (χ2n) is 9.07. The van der Waals surface area contributed by atoms with Gasteiger partial charge in [-0.25, -0.2) is 4.98 Å². The number of aliphatic hydroxyl groups is 1. The molecule has 2 amide bonds. The Labute approximate surface area is 210 Å². The van der Waals surface area contributed by atoms with E-state index in [9.17, 15) is 14.7 Å². The van der Waals surface area contributed by atoms with Gasteiger partial charge in [0.15, 0.2) is 0 Å². The number of carbonyl (C=O) groups is 2. The molecule has 2 aromatic rings. The predicted molar refractivity (Wildman–Crippen MR) is 138 cm³/mol. The molecule has 1 aromatic carbocycles. The normalized spacial score (nSPS) is 19.1. The van der Waals surface area contributed by atoms with Gasteiger partial charge in [-0.15, -0.1) is 11.3 Å². The molecule has 3 rings (SSSR count). The average molecular weight is 499 g/mol. The van der Waals surface area contributed by atoms with Gasteiger partial charge in [0.2, 0.25) is 11.8 Å². The molecule has 0 radical (unpaired) electrons. The van der Waals surface area contributed by atoms with Crippen LogP contribution in [0.15, 0.2) is 47.3 Å². The number of hydrogen-bond donors (Lipinski definition) is 2. The lowest BCUT2D eigenvalue weighted by Gasteiger charge is -2.28. The van der Waals surface area contributed by atoms with Gasteiger partial charge in [0.05, 0.1) is 39.9 Å². The van der Waals surface area contributed by atoms with Crippen molar-refractivity contribution < 1.29 is 19.5 Å². The van der Waals surface area contributed by atoms with Gasteiger partial charge in [-0.2, -0.15) is 0 Å². The minimum absolute atomic E-state index is 0.0913. The van der Waals surface area contributed by atoms with Crippen molar-refractivity contribution in [1.29, 1.82) is 0 Å². The van der Waals surface area contributed by atoms with Crippen LogP contribution in [0, 0.1) is 12.8 Å². The molecule has 0 spiro atoms. The molecule has 1 aromatic heterocycles. The maximum atomic E-state index is 13.3. The fourth-order valence-electron chi connectivity index (χ4n) is 4.15. The molecule has 0 unspecified atom stereocenters. The number of aryl methyl sites for hydroxylation is 1. The van der Waals surface area contributed by atoms with Crippen LogP contribution < -0.4 is 5.32 Å². The number of nitrogens with zero attached hydrogens (tertiary/aromatic N) is 3. The number of rotatable bonds is 9. The Hall–Kier alpha value is -3.04. The van der Waals surface area contributed by atoms with Gasteiger partial charge in [-0.05, 0) is 45.2 Å². The highest BCUT2D eigenvalue weighted by atomic mass is 32.1. The summed E-state index contributed by atoms with van der Waals surface area (Å²) in [7, 11) is 0. The summed E-state index contributed by atoms with van der Waals surface area (Å²) in [5.74, 6) is -1.02. The number of amides is 2. The molecule has 1 fully saturated rings. The lowest BCUT2D eigenvalue weighted by atomic mass is 10.0. The SMILES string of the molecule is C=C(ON=C(C)C)[C@@H](CC)C(=O)N1C[C@H](O)C[C@H]1C(=O)N[C@@H](C)c1ccc(-c2scnc2C)cc1. The summed E-state index contributed by atoms with van der Waals surface area (Å²) in [6.45, 7) is 13.2. The van der Waals surface area contributed by atoms with Crippen molar-refractivity contribution in [3.63, 3.8) is 0 Å². The standard InChI is InChI=1S/C26H34N4O4S/c1-7-22(18(6)34-29-15(2)3)26(33)30-13-21(31)12-23(30)25(32)28-16(4)19-8-10-20(11-9-19)24-17(5)27-14-35-24/h8-11,14,16,21-23,31H,6-7,12-13H2,1-5H3,(H,28,32)/t16-,21+,22+,23-/m0/s1. The number of likely N-dealkylation sites (tertiary alicyclic amines) is 1. The van der Waals surface area contributed by atoms with E-state index in [4.69, 9.17) is 4.84 Å². The van der Waals surface area contributed by atoms with Crippen LogP contribution in [0.1, 0.15) is 57.8 Å². The summed E-state index contributed by atoms with van der Waals surface area (Å²) in [5.41, 5.74) is 5.54. The fourth-order valence-corrected chi connectivity index (χ4v) is 4.97. The molecule has 9 heteroatoms. The molecule has 1 aliphatic heterocycles. The third kappa shape index (κ3) is 6.35. The van der Waals surface area contributed by atoms with Gasteiger partial charge >= 0.3 is 0 Å². The van der Waals surface area contributed by atoms with E-state index in [2.05, 4.69) is 22.0 Å². The van der Waals surface area contributed by atoms with Gasteiger partial charge in [0.1, 0.15) is 11.8 Å². The first-order chi connectivity index (χ1) is 16.6. The maximum Gasteiger partial charge on any atom is 0.243 e. The van der Waals surface area contributed by atoms with Crippen molar-refractivity contribution >= 4 is 28.9 Å². The van der Waals surface area contributed by atoms with Crippen LogP contribution >= 0.6 is 11.3 Å². The highest BCUT2D eigenvalue weighted by Crippen LogP contribution is 2.29. The summed E-state index contributed by atoms with van der Waals surface area (Å²) >= 11 is 1.59. The fraction of sp³-hybridized carbons (Fsp3) is 0.462. The first-order valence-electron chi connectivity index (χ1n) is 11.8. The second-order valence-corrected chi connectivity index (χ2v) is 9.93. The molecule has 2 heterocycles. The lowest BCUT2D eigenvalue weighted by Crippen LogP contribution is -2.48. The molecular weight excluding hydrogens is 464 g/mol. The van der Waals surface area contributed by atoms with Crippen molar-refractivity contribution in [2.45, 2.75) is 65.6 Å². The van der Waals surface area contributed by atoms with E-state index in [1.54, 1.807) is 25.2 Å². The quantitative estimate of drug-likeness (QED) is 0.306. The highest BCUT2D eigenvalue weighted by molar-refractivity contribution is 7.13. The van der Waals surface area contributed by atoms with E-state index >= 15 is 0 Å². The summed E-state index contributed by atoms with van der Waals surface area (Å²) in [5, 5.41) is 17.2. The molecule has 1 aliphatic rings. The summed E-state index contributed by atoms with van der Waals surface area (Å²) in [6, 6.07) is 6.97. The molecule has 35 heavy (non-hydrogen) atoms. The Bertz CT molecular complexity index is 1090. The van der Waals surface area contributed by atoms with Crippen molar-refractivity contribution in [3.8, 4) is 10.4 Å². The molecule has 2 N–H and O–H groups in total. The molecule has 0 saturated carbocycles. The van der Waals surface area contributed by atoms with E-state index in [0.29, 0.717) is 12.1 Å². The van der Waals surface area contributed by atoms with Gasteiger partial charge in [-0.3, -0.25) is 9.59 Å². The number of nitrogens with one attached hydrogen (secondary N) is 1. The molecule has 188 valence electrons. The van der Waals surface area contributed by atoms with E-state index < -0.39 is 18.1 Å². The largest absolute Gasteiger partial charge is 0.391 e. The van der Waals surface area contributed by atoms with E-state index in [1.165, 1.54) is 4.90 Å². The number of carbonyl (C=O) groups excluding carboxylic acids is 2. The average Bonchev–Trinajstić information content (AvgIpc) is 3.43. The summed E-state index contributed by atoms with van der Waals surface area (Å²) in [4.78, 5) is 38.6. The molecular formula is C26H34N4O4S. The van der Waals surface area contributed by atoms with Crippen LogP contribution in [0.25, 0.3) is 10.4 Å². The number of β-amino-alcohol motifs (C(OH)–C–C–N with tert-alkyl or cyclic N) is 1. The zero-order valence-corrected chi connectivity index (χ0v) is 21.8. The van der Waals surface area contributed by atoms with Crippen molar-refractivity contribution in [3.05, 3.63) is 53.4 Å². The van der Waals surface area contributed by atoms with Gasteiger partial charge < -0.3 is 20.2 Å². The van der Waals surface area contributed by atoms with Crippen LogP contribution in [-0.2, 0) is 14.4 Å². The molecule has 0 aliphatic carbocycles. The van der Waals surface area contributed by atoms with Crippen LogP contribution in [-0.4, -0.2) is 51.2 Å². The Kier molecular flexibility index (Phi) is 8.80. The maximum absolute atomic E-state index is 13.3. The lowest BCUT2D eigenvalue weighted by molar-refractivity contribution is -0.142. The zero-order chi connectivity index (χ0) is 25.7. The first-order valence-corrected chi connectivity index (χ1v) is 12.7. The van der Waals surface area contributed by atoms with Crippen molar-refractivity contribution in [1.82, 2.24) is 15.2 Å². The third-order valence-corrected chi connectivity index (χ3v) is 7.06. The second kappa shape index (κ2) is 11.6. The van der Waals surface area contributed by atoms with Crippen LogP contribution in [0.4, 0.5) is 0 Å². The van der Waals surface area contributed by atoms with E-state index in [1.807, 2.05) is 50.5 Å². The predicted octanol–water partition coefficient (Wildman–Crippen LogP) is 4.21. The Morgan fingerprint density at radius 2 is 2.03 bits per heavy atom. The first kappa shape index (κ1) is 26.6. The number of thiazole rings is 1. The number of aromatic nitrogens is 1. The minimum atomic E-state index is -0.769.